The number of thioether (sulfide) groups is 1. The van der Waals surface area contributed by atoms with E-state index in [1.165, 1.54) is 39.0 Å². The number of hydrogen-bond donors (Lipinski definition) is 0. The van der Waals surface area contributed by atoms with Crippen molar-refractivity contribution in [2.75, 3.05) is 5.75 Å². The van der Waals surface area contributed by atoms with Gasteiger partial charge in [0.05, 0.1) is 4.90 Å². The van der Waals surface area contributed by atoms with Crippen LogP contribution in [0.2, 0.25) is 0 Å². The van der Waals surface area contributed by atoms with Crippen LogP contribution >= 0.6 is 11.8 Å². The van der Waals surface area contributed by atoms with Crippen molar-refractivity contribution in [1.82, 2.24) is 0 Å². The maximum Gasteiger partial charge on any atom is 0.308 e. The molecule has 0 radical (unpaired) electrons. The van der Waals surface area contributed by atoms with Crippen LogP contribution in [0, 0.1) is 0 Å². The van der Waals surface area contributed by atoms with Gasteiger partial charge in [-0.05, 0) is 24.3 Å². The van der Waals surface area contributed by atoms with Crippen molar-refractivity contribution in [2.45, 2.75) is 50.8 Å². The molecule has 1 aromatic rings. The molecule has 0 aliphatic carbocycles. The van der Waals surface area contributed by atoms with Crippen molar-refractivity contribution in [3.63, 3.8) is 0 Å². The number of carbonyl (C=O) groups is 1. The zero-order chi connectivity index (χ0) is 13.2. The van der Waals surface area contributed by atoms with Crippen molar-refractivity contribution >= 4 is 17.7 Å². The van der Waals surface area contributed by atoms with E-state index in [-0.39, 0.29) is 5.97 Å². The third-order valence-electron chi connectivity index (χ3n) is 2.61. The highest BCUT2D eigenvalue weighted by Gasteiger charge is 2.05. The summed E-state index contributed by atoms with van der Waals surface area (Å²) in [4.78, 5) is 12.0. The van der Waals surface area contributed by atoms with Gasteiger partial charge < -0.3 is 4.74 Å². The number of hydrogen-bond acceptors (Lipinski definition) is 3. The fourth-order valence-electron chi connectivity index (χ4n) is 1.70. The van der Waals surface area contributed by atoms with Crippen LogP contribution in [0.3, 0.4) is 0 Å². The van der Waals surface area contributed by atoms with Crippen LogP contribution in [0.5, 0.6) is 5.75 Å². The van der Waals surface area contributed by atoms with Crippen molar-refractivity contribution in [3.05, 3.63) is 24.3 Å². The van der Waals surface area contributed by atoms with Gasteiger partial charge in [-0.2, -0.15) is 0 Å². The van der Waals surface area contributed by atoms with Gasteiger partial charge in [0.2, 0.25) is 0 Å². The maximum atomic E-state index is 11.0. The van der Waals surface area contributed by atoms with Crippen molar-refractivity contribution < 1.29 is 9.53 Å². The van der Waals surface area contributed by atoms with E-state index in [9.17, 15) is 4.79 Å². The Morgan fingerprint density at radius 2 is 1.89 bits per heavy atom. The quantitative estimate of drug-likeness (QED) is 0.296. The highest BCUT2D eigenvalue weighted by molar-refractivity contribution is 7.99. The number of rotatable bonds is 8. The van der Waals surface area contributed by atoms with E-state index >= 15 is 0 Å². The molecule has 0 aromatic heterocycles. The van der Waals surface area contributed by atoms with Crippen molar-refractivity contribution in [1.29, 1.82) is 0 Å². The van der Waals surface area contributed by atoms with Crippen LogP contribution in [-0.2, 0) is 4.79 Å². The monoisotopic (exact) mass is 266 g/mol. The van der Waals surface area contributed by atoms with Crippen LogP contribution in [0.4, 0.5) is 0 Å². The molecule has 0 fully saturated rings. The third kappa shape index (κ3) is 6.10. The summed E-state index contributed by atoms with van der Waals surface area (Å²) in [6.45, 7) is 3.66. The van der Waals surface area contributed by atoms with Gasteiger partial charge in [-0.3, -0.25) is 4.79 Å². The normalized spacial score (nSPS) is 10.3. The maximum absolute atomic E-state index is 11.0. The van der Waals surface area contributed by atoms with Gasteiger partial charge in [-0.25, -0.2) is 0 Å². The number of ether oxygens (including phenoxy) is 1. The van der Waals surface area contributed by atoms with Gasteiger partial charge in [0, 0.05) is 6.92 Å². The summed E-state index contributed by atoms with van der Waals surface area (Å²) in [6, 6.07) is 7.73. The molecule has 18 heavy (non-hydrogen) atoms. The molecule has 100 valence electrons. The van der Waals surface area contributed by atoms with E-state index in [1.807, 2.05) is 24.3 Å². The van der Waals surface area contributed by atoms with Crippen LogP contribution < -0.4 is 4.74 Å². The number of para-hydroxylation sites is 1. The molecule has 0 bridgehead atoms. The van der Waals surface area contributed by atoms with Crippen LogP contribution in [0.25, 0.3) is 0 Å². The van der Waals surface area contributed by atoms with E-state index < -0.39 is 0 Å². The Hall–Kier alpha value is -0.960. The second-order valence-electron chi connectivity index (χ2n) is 4.30. The number of benzene rings is 1. The first-order valence-corrected chi connectivity index (χ1v) is 7.63. The molecule has 0 heterocycles. The minimum absolute atomic E-state index is 0.258. The van der Waals surface area contributed by atoms with E-state index in [0.717, 1.165) is 10.6 Å². The average Bonchev–Trinajstić information content (AvgIpc) is 2.35. The molecule has 3 heteroatoms. The number of unbranched alkanes of at least 4 members (excludes halogenated alkanes) is 4. The second kappa shape index (κ2) is 9.03. The van der Waals surface area contributed by atoms with E-state index in [1.54, 1.807) is 11.8 Å². The predicted molar refractivity (Wildman–Crippen MR) is 77.2 cm³/mol. The Balaban J connectivity index is 2.34. The average molecular weight is 266 g/mol. The Bertz CT molecular complexity index is 363. The molecule has 1 rings (SSSR count). The van der Waals surface area contributed by atoms with Gasteiger partial charge in [0.25, 0.3) is 0 Å². The van der Waals surface area contributed by atoms with E-state index in [2.05, 4.69) is 6.92 Å². The molecule has 0 atom stereocenters. The lowest BCUT2D eigenvalue weighted by molar-refractivity contribution is -0.132. The zero-order valence-electron chi connectivity index (χ0n) is 11.3. The summed E-state index contributed by atoms with van der Waals surface area (Å²) in [5, 5.41) is 0. The lowest BCUT2D eigenvalue weighted by atomic mass is 10.2. The minimum Gasteiger partial charge on any atom is -0.426 e. The Labute approximate surface area is 114 Å². The molecular weight excluding hydrogens is 244 g/mol. The first-order chi connectivity index (χ1) is 8.74. The standard InChI is InChI=1S/C15H22O2S/c1-3-4-5-6-9-12-18-15-11-8-7-10-14(15)17-13(2)16/h7-8,10-11H,3-6,9,12H2,1-2H3. The summed E-state index contributed by atoms with van der Waals surface area (Å²) < 4.78 is 5.18. The molecule has 0 N–H and O–H groups in total. The fourth-order valence-corrected chi connectivity index (χ4v) is 2.69. The van der Waals surface area contributed by atoms with E-state index in [4.69, 9.17) is 4.74 Å². The molecule has 1 aromatic carbocycles. The summed E-state index contributed by atoms with van der Waals surface area (Å²) in [7, 11) is 0. The molecule has 0 saturated heterocycles. The van der Waals surface area contributed by atoms with Gasteiger partial charge >= 0.3 is 5.97 Å². The first-order valence-electron chi connectivity index (χ1n) is 6.64. The lowest BCUT2D eigenvalue weighted by Gasteiger charge is -2.08. The van der Waals surface area contributed by atoms with Gasteiger partial charge in [-0.1, -0.05) is 44.7 Å². The SMILES string of the molecule is CCCCCCCSc1ccccc1OC(C)=O. The first kappa shape index (κ1) is 15.1. The zero-order valence-corrected chi connectivity index (χ0v) is 12.1. The number of carbonyl (C=O) groups excluding carboxylic acids is 1. The minimum atomic E-state index is -0.258. The molecule has 0 saturated carbocycles. The Kier molecular flexibility index (Phi) is 7.58. The molecular formula is C15H22O2S. The fraction of sp³-hybridized carbons (Fsp3) is 0.533. The van der Waals surface area contributed by atoms with Crippen LogP contribution in [-0.4, -0.2) is 11.7 Å². The highest BCUT2D eigenvalue weighted by atomic mass is 32.2. The largest absolute Gasteiger partial charge is 0.426 e. The molecule has 0 amide bonds. The summed E-state index contributed by atoms with van der Waals surface area (Å²) in [5.41, 5.74) is 0. The van der Waals surface area contributed by atoms with Gasteiger partial charge in [0.15, 0.2) is 0 Å². The molecule has 0 aliphatic rings. The summed E-state index contributed by atoms with van der Waals surface area (Å²) in [6.07, 6.45) is 6.44. The third-order valence-corrected chi connectivity index (χ3v) is 3.75. The smallest absolute Gasteiger partial charge is 0.308 e. The lowest BCUT2D eigenvalue weighted by Crippen LogP contribution is -2.02. The van der Waals surface area contributed by atoms with Crippen LogP contribution in [0.15, 0.2) is 29.2 Å². The summed E-state index contributed by atoms with van der Waals surface area (Å²) in [5.74, 6) is 1.51. The Morgan fingerprint density at radius 1 is 1.17 bits per heavy atom. The van der Waals surface area contributed by atoms with Gasteiger partial charge in [-0.15, -0.1) is 11.8 Å². The second-order valence-corrected chi connectivity index (χ2v) is 5.44. The van der Waals surface area contributed by atoms with Crippen molar-refractivity contribution in [3.8, 4) is 5.75 Å². The summed E-state index contributed by atoms with van der Waals surface area (Å²) >= 11 is 1.77. The predicted octanol–water partition coefficient (Wildman–Crippen LogP) is 4.67. The highest BCUT2D eigenvalue weighted by Crippen LogP contribution is 2.29. The van der Waals surface area contributed by atoms with Gasteiger partial charge in [0.1, 0.15) is 5.75 Å². The van der Waals surface area contributed by atoms with Crippen molar-refractivity contribution in [2.24, 2.45) is 0 Å². The Morgan fingerprint density at radius 3 is 2.61 bits per heavy atom. The van der Waals surface area contributed by atoms with Crippen LogP contribution in [0.1, 0.15) is 46.0 Å². The number of esters is 1. The molecule has 0 unspecified atom stereocenters. The molecule has 0 aliphatic heterocycles. The topological polar surface area (TPSA) is 26.3 Å². The molecule has 0 spiro atoms. The van der Waals surface area contributed by atoms with E-state index in [0.29, 0.717) is 5.75 Å². The molecule has 2 nitrogen and oxygen atoms in total.